The molecule has 0 aliphatic rings. The van der Waals surface area contributed by atoms with Crippen molar-refractivity contribution in [1.82, 2.24) is 4.90 Å². The molecule has 1 rings (SSSR count). The number of likely N-dealkylation sites (N-methyl/N-ethyl adjacent to an activating group) is 1. The van der Waals surface area contributed by atoms with E-state index in [9.17, 15) is 5.11 Å². The lowest BCUT2D eigenvalue weighted by Crippen LogP contribution is -2.44. The van der Waals surface area contributed by atoms with Gasteiger partial charge in [0.2, 0.25) is 0 Å². The van der Waals surface area contributed by atoms with E-state index in [1.807, 2.05) is 6.07 Å². The van der Waals surface area contributed by atoms with E-state index in [2.05, 4.69) is 44.9 Å². The second kappa shape index (κ2) is 16.3. The Hall–Kier alpha value is -1.34. The second-order valence-electron chi connectivity index (χ2n) is 9.32. The zero-order valence-corrected chi connectivity index (χ0v) is 21.3. The summed E-state index contributed by atoms with van der Waals surface area (Å²) in [5, 5.41) is 10.7. The van der Waals surface area contributed by atoms with Crippen molar-refractivity contribution >= 4 is 0 Å². The van der Waals surface area contributed by atoms with Crippen LogP contribution in [0.2, 0.25) is 0 Å². The van der Waals surface area contributed by atoms with E-state index in [-0.39, 0.29) is 6.04 Å². The monoisotopic (exact) mass is 452 g/mol. The molecule has 3 N–H and O–H groups in total. The van der Waals surface area contributed by atoms with Crippen molar-refractivity contribution in [3.8, 4) is 11.5 Å². The highest BCUT2D eigenvalue weighted by Gasteiger charge is 2.24. The van der Waals surface area contributed by atoms with Crippen LogP contribution >= 0.6 is 0 Å². The molecule has 0 saturated heterocycles. The lowest BCUT2D eigenvalue weighted by molar-refractivity contribution is 0.0889. The van der Waals surface area contributed by atoms with Gasteiger partial charge in [-0.05, 0) is 62.4 Å². The molecule has 32 heavy (non-hydrogen) atoms. The number of aliphatic hydroxyl groups excluding tert-OH is 1. The summed E-state index contributed by atoms with van der Waals surface area (Å²) in [6, 6.07) is 5.90. The average molecular weight is 453 g/mol. The lowest BCUT2D eigenvalue weighted by Gasteiger charge is -2.29. The van der Waals surface area contributed by atoms with Crippen molar-refractivity contribution in [3.63, 3.8) is 0 Å². The smallest absolute Gasteiger partial charge is 0.161 e. The first-order valence-corrected chi connectivity index (χ1v) is 12.2. The maximum Gasteiger partial charge on any atom is 0.161 e. The van der Waals surface area contributed by atoms with Gasteiger partial charge >= 0.3 is 0 Å². The first-order chi connectivity index (χ1) is 15.3. The molecule has 0 fully saturated rings. The fourth-order valence-corrected chi connectivity index (χ4v) is 3.92. The molecule has 0 spiro atoms. The molecule has 0 heterocycles. The van der Waals surface area contributed by atoms with Crippen LogP contribution in [0.5, 0.6) is 11.5 Å². The molecule has 0 unspecified atom stereocenters. The van der Waals surface area contributed by atoms with Gasteiger partial charge in [0.15, 0.2) is 11.5 Å². The standard InChI is InChI=1S/C26H48N2O4/c1-7-8-9-13-28(4)19-24(29)23(27)18-22(20(2)3)16-21-11-12-25(31-6)26(17-21)32-15-10-14-30-5/h11-12,17,20,22-24,29H,7-10,13-16,18-19,27H2,1-6H3/t22-,23-,24-/m0/s1. The predicted octanol–water partition coefficient (Wildman–Crippen LogP) is 4.13. The highest BCUT2D eigenvalue weighted by Crippen LogP contribution is 2.31. The molecule has 3 atom stereocenters. The van der Waals surface area contributed by atoms with Crippen LogP contribution in [0.25, 0.3) is 0 Å². The Morgan fingerprint density at radius 1 is 1.06 bits per heavy atom. The summed E-state index contributed by atoms with van der Waals surface area (Å²) in [7, 11) is 5.42. The van der Waals surface area contributed by atoms with E-state index in [1.54, 1.807) is 14.2 Å². The van der Waals surface area contributed by atoms with Crippen LogP contribution in [-0.2, 0) is 11.2 Å². The van der Waals surface area contributed by atoms with Crippen LogP contribution in [0, 0.1) is 11.8 Å². The molecule has 0 saturated carbocycles. The summed E-state index contributed by atoms with van der Waals surface area (Å²) < 4.78 is 16.5. The van der Waals surface area contributed by atoms with Gasteiger partial charge in [-0.1, -0.05) is 39.7 Å². The summed E-state index contributed by atoms with van der Waals surface area (Å²) in [6.45, 7) is 9.55. The molecule has 0 aliphatic heterocycles. The van der Waals surface area contributed by atoms with Gasteiger partial charge in [-0.25, -0.2) is 0 Å². The van der Waals surface area contributed by atoms with Crippen LogP contribution in [0.15, 0.2) is 18.2 Å². The highest BCUT2D eigenvalue weighted by atomic mass is 16.5. The summed E-state index contributed by atoms with van der Waals surface area (Å²) in [6.07, 6.45) is 5.59. The maximum atomic E-state index is 10.7. The number of benzene rings is 1. The molecule has 0 aliphatic carbocycles. The Balaban J connectivity index is 2.71. The van der Waals surface area contributed by atoms with Gasteiger partial charge in [0.1, 0.15) is 0 Å². The largest absolute Gasteiger partial charge is 0.493 e. The molecule has 6 nitrogen and oxygen atoms in total. The number of rotatable bonds is 18. The third-order valence-electron chi connectivity index (χ3n) is 6.13. The zero-order valence-electron chi connectivity index (χ0n) is 21.3. The molecular formula is C26H48N2O4. The van der Waals surface area contributed by atoms with Crippen molar-refractivity contribution < 1.29 is 19.3 Å². The van der Waals surface area contributed by atoms with Gasteiger partial charge in [0.25, 0.3) is 0 Å². The Morgan fingerprint density at radius 2 is 1.81 bits per heavy atom. The van der Waals surface area contributed by atoms with E-state index < -0.39 is 6.10 Å². The van der Waals surface area contributed by atoms with Gasteiger partial charge in [-0.2, -0.15) is 0 Å². The van der Waals surface area contributed by atoms with E-state index in [0.717, 1.165) is 43.7 Å². The minimum atomic E-state index is -0.515. The average Bonchev–Trinajstić information content (AvgIpc) is 2.76. The van der Waals surface area contributed by atoms with Crippen molar-refractivity contribution in [1.29, 1.82) is 0 Å². The Morgan fingerprint density at radius 3 is 2.44 bits per heavy atom. The SMILES string of the molecule is CCCCCN(C)C[C@H](O)[C@@H](N)C[C@H](Cc1ccc(OC)c(OCCCOC)c1)C(C)C. The molecular weight excluding hydrogens is 404 g/mol. The molecule has 1 aromatic carbocycles. The van der Waals surface area contributed by atoms with Crippen molar-refractivity contribution in [2.24, 2.45) is 17.6 Å². The van der Waals surface area contributed by atoms with Crippen molar-refractivity contribution in [2.45, 2.75) is 71.4 Å². The number of ether oxygens (including phenoxy) is 3. The highest BCUT2D eigenvalue weighted by molar-refractivity contribution is 5.43. The topological polar surface area (TPSA) is 77.2 Å². The minimum absolute atomic E-state index is 0.237. The number of nitrogens with two attached hydrogens (primary N) is 1. The third-order valence-corrected chi connectivity index (χ3v) is 6.13. The van der Waals surface area contributed by atoms with Crippen LogP contribution in [-0.4, -0.2) is 69.7 Å². The maximum absolute atomic E-state index is 10.7. The van der Waals surface area contributed by atoms with E-state index in [0.29, 0.717) is 31.6 Å². The van der Waals surface area contributed by atoms with Gasteiger partial charge in [0, 0.05) is 32.7 Å². The van der Waals surface area contributed by atoms with Crippen molar-refractivity contribution in [3.05, 3.63) is 23.8 Å². The molecule has 0 amide bonds. The third kappa shape index (κ3) is 11.0. The van der Waals surface area contributed by atoms with Crippen molar-refractivity contribution in [2.75, 3.05) is 47.6 Å². The Labute approximate surface area is 196 Å². The van der Waals surface area contributed by atoms with E-state index in [4.69, 9.17) is 19.9 Å². The fourth-order valence-electron chi connectivity index (χ4n) is 3.92. The first kappa shape index (κ1) is 28.7. The number of aliphatic hydroxyl groups is 1. The fraction of sp³-hybridized carbons (Fsp3) is 0.769. The van der Waals surface area contributed by atoms with E-state index in [1.165, 1.54) is 18.4 Å². The Bertz CT molecular complexity index is 611. The quantitative estimate of drug-likeness (QED) is 0.326. The zero-order chi connectivity index (χ0) is 23.9. The molecule has 0 radical (unpaired) electrons. The number of methoxy groups -OCH3 is 2. The number of hydrogen-bond donors (Lipinski definition) is 2. The predicted molar refractivity (Wildman–Crippen MR) is 133 cm³/mol. The number of nitrogens with zero attached hydrogens (tertiary/aromatic N) is 1. The van der Waals surface area contributed by atoms with Gasteiger partial charge in [-0.15, -0.1) is 0 Å². The number of hydrogen-bond acceptors (Lipinski definition) is 6. The van der Waals surface area contributed by atoms with Crippen LogP contribution in [0.1, 0.15) is 58.4 Å². The van der Waals surface area contributed by atoms with E-state index >= 15 is 0 Å². The van der Waals surface area contributed by atoms with Crippen LogP contribution < -0.4 is 15.2 Å². The lowest BCUT2D eigenvalue weighted by atomic mass is 9.83. The van der Waals surface area contributed by atoms with Gasteiger partial charge in [0.05, 0.1) is 19.8 Å². The number of unbranched alkanes of at least 4 members (excludes halogenated alkanes) is 2. The summed E-state index contributed by atoms with van der Waals surface area (Å²) in [5.74, 6) is 2.34. The minimum Gasteiger partial charge on any atom is -0.493 e. The summed E-state index contributed by atoms with van der Waals surface area (Å²) in [4.78, 5) is 2.20. The molecule has 186 valence electrons. The Kier molecular flexibility index (Phi) is 14.6. The van der Waals surface area contributed by atoms with Crippen LogP contribution in [0.3, 0.4) is 0 Å². The second-order valence-corrected chi connectivity index (χ2v) is 9.32. The first-order valence-electron chi connectivity index (χ1n) is 12.2. The normalized spacial score (nSPS) is 14.6. The molecule has 0 bridgehead atoms. The van der Waals surface area contributed by atoms with Crippen LogP contribution in [0.4, 0.5) is 0 Å². The molecule has 6 heteroatoms. The molecule has 1 aromatic rings. The van der Waals surface area contributed by atoms with Gasteiger partial charge < -0.3 is 30.0 Å². The molecule has 0 aromatic heterocycles. The van der Waals surface area contributed by atoms with Gasteiger partial charge in [-0.3, -0.25) is 0 Å². The summed E-state index contributed by atoms with van der Waals surface area (Å²) in [5.41, 5.74) is 7.65. The summed E-state index contributed by atoms with van der Waals surface area (Å²) >= 11 is 0.